The van der Waals surface area contributed by atoms with E-state index in [2.05, 4.69) is 15.0 Å². The summed E-state index contributed by atoms with van der Waals surface area (Å²) in [6.07, 6.45) is 2.29. The Hall–Kier alpha value is -3.41. The van der Waals surface area contributed by atoms with Crippen LogP contribution in [0, 0.1) is 6.92 Å². The summed E-state index contributed by atoms with van der Waals surface area (Å²) in [6, 6.07) is 13.4. The van der Waals surface area contributed by atoms with Gasteiger partial charge < -0.3 is 15.2 Å². The molecule has 0 saturated heterocycles. The van der Waals surface area contributed by atoms with Crippen LogP contribution in [0.2, 0.25) is 0 Å². The molecule has 0 spiro atoms. The van der Waals surface area contributed by atoms with Crippen LogP contribution in [-0.2, 0) is 0 Å². The third-order valence-corrected chi connectivity index (χ3v) is 4.61. The molecule has 1 aliphatic carbocycles. The van der Waals surface area contributed by atoms with Gasteiger partial charge in [0.2, 0.25) is 5.88 Å². The van der Waals surface area contributed by atoms with Gasteiger partial charge in [-0.2, -0.15) is 0 Å². The quantitative estimate of drug-likeness (QED) is 0.681. The van der Waals surface area contributed by atoms with Gasteiger partial charge in [0.25, 0.3) is 5.91 Å². The topological polar surface area (TPSA) is 88.5 Å². The fraction of sp³-hybridized carbons (Fsp3) is 0.190. The van der Waals surface area contributed by atoms with Crippen LogP contribution >= 0.6 is 0 Å². The maximum atomic E-state index is 12.3. The summed E-state index contributed by atoms with van der Waals surface area (Å²) in [4.78, 5) is 27.0. The van der Waals surface area contributed by atoms with E-state index in [4.69, 9.17) is 5.11 Å². The van der Waals surface area contributed by atoms with Crippen LogP contribution in [-0.4, -0.2) is 28.2 Å². The van der Waals surface area contributed by atoms with Crippen LogP contribution in [0.1, 0.15) is 28.8 Å². The Labute approximate surface area is 155 Å². The van der Waals surface area contributed by atoms with Crippen molar-refractivity contribution in [3.05, 3.63) is 59.8 Å². The van der Waals surface area contributed by atoms with Crippen molar-refractivity contribution in [1.29, 1.82) is 0 Å². The van der Waals surface area contributed by atoms with Gasteiger partial charge >= 0.3 is 6.16 Å². The first-order chi connectivity index (χ1) is 13.0. The second-order valence-corrected chi connectivity index (χ2v) is 6.73. The lowest BCUT2D eigenvalue weighted by Gasteiger charge is -2.11. The molecule has 0 atom stereocenters. The highest BCUT2D eigenvalue weighted by Crippen LogP contribution is 2.29. The van der Waals surface area contributed by atoms with Crippen molar-refractivity contribution in [1.82, 2.24) is 10.3 Å². The summed E-state index contributed by atoms with van der Waals surface area (Å²) in [5.41, 5.74) is 3.66. The predicted octanol–water partition coefficient (Wildman–Crippen LogP) is 4.16. The molecule has 1 heterocycles. The number of nitrogens with one attached hydrogen (secondary N) is 1. The predicted molar refractivity (Wildman–Crippen MR) is 101 cm³/mol. The van der Waals surface area contributed by atoms with E-state index < -0.39 is 6.16 Å². The average Bonchev–Trinajstić information content (AvgIpc) is 3.45. The van der Waals surface area contributed by atoms with Crippen molar-refractivity contribution in [3.63, 3.8) is 0 Å². The van der Waals surface area contributed by atoms with Gasteiger partial charge in [0.1, 0.15) is 0 Å². The number of nitrogens with zero attached hydrogens (tertiary/aromatic N) is 1. The zero-order valence-electron chi connectivity index (χ0n) is 14.7. The fourth-order valence-corrected chi connectivity index (χ4v) is 3.00. The molecule has 0 radical (unpaired) electrons. The SMILES string of the molecule is Cc1ccc(C(=O)NC2CC2)cc1-c1ccc2cc(OC(=O)O)ncc2c1. The van der Waals surface area contributed by atoms with E-state index in [1.807, 2.05) is 43.3 Å². The highest BCUT2D eigenvalue weighted by atomic mass is 16.7. The van der Waals surface area contributed by atoms with E-state index >= 15 is 0 Å². The number of aromatic nitrogens is 1. The summed E-state index contributed by atoms with van der Waals surface area (Å²) in [7, 11) is 0. The Bertz CT molecular complexity index is 1060. The lowest BCUT2D eigenvalue weighted by Crippen LogP contribution is -2.25. The highest BCUT2D eigenvalue weighted by Gasteiger charge is 2.24. The number of carbonyl (C=O) groups excluding carboxylic acids is 1. The van der Waals surface area contributed by atoms with Crippen molar-refractivity contribution in [3.8, 4) is 17.0 Å². The summed E-state index contributed by atoms with van der Waals surface area (Å²) >= 11 is 0. The molecule has 1 aliphatic rings. The molecule has 0 unspecified atom stereocenters. The number of rotatable bonds is 4. The Balaban J connectivity index is 1.68. The molecule has 1 fully saturated rings. The molecule has 6 nitrogen and oxygen atoms in total. The van der Waals surface area contributed by atoms with E-state index in [1.54, 1.807) is 12.3 Å². The Morgan fingerprint density at radius 2 is 1.93 bits per heavy atom. The van der Waals surface area contributed by atoms with Crippen LogP contribution in [0.3, 0.4) is 0 Å². The van der Waals surface area contributed by atoms with Crippen LogP contribution in [0.5, 0.6) is 5.88 Å². The summed E-state index contributed by atoms with van der Waals surface area (Å²) in [5.74, 6) is -0.00524. The molecule has 0 bridgehead atoms. The first-order valence-electron chi connectivity index (χ1n) is 8.72. The number of hydrogen-bond donors (Lipinski definition) is 2. The fourth-order valence-electron chi connectivity index (χ4n) is 3.00. The molecule has 6 heteroatoms. The molecule has 1 aromatic heterocycles. The van der Waals surface area contributed by atoms with E-state index in [-0.39, 0.29) is 11.8 Å². The number of carboxylic acid groups (broad SMARTS) is 1. The molecule has 1 saturated carbocycles. The number of amides is 1. The van der Waals surface area contributed by atoms with Gasteiger partial charge in [-0.25, -0.2) is 9.78 Å². The molecule has 27 heavy (non-hydrogen) atoms. The Morgan fingerprint density at radius 3 is 2.67 bits per heavy atom. The number of pyridine rings is 1. The van der Waals surface area contributed by atoms with Gasteiger partial charge in [0.05, 0.1) is 0 Å². The van der Waals surface area contributed by atoms with Crippen molar-refractivity contribution >= 4 is 22.8 Å². The van der Waals surface area contributed by atoms with Gasteiger partial charge in [-0.3, -0.25) is 4.79 Å². The molecule has 2 aromatic carbocycles. The molecule has 2 N–H and O–H groups in total. The van der Waals surface area contributed by atoms with Crippen molar-refractivity contribution < 1.29 is 19.4 Å². The van der Waals surface area contributed by atoms with Crippen molar-refractivity contribution in [2.45, 2.75) is 25.8 Å². The van der Waals surface area contributed by atoms with Gasteiger partial charge in [0.15, 0.2) is 0 Å². The van der Waals surface area contributed by atoms with E-state index in [0.29, 0.717) is 11.6 Å². The minimum Gasteiger partial charge on any atom is -0.449 e. The third kappa shape index (κ3) is 3.74. The Kier molecular flexibility index (Phi) is 4.24. The maximum Gasteiger partial charge on any atom is 0.512 e. The highest BCUT2D eigenvalue weighted by molar-refractivity contribution is 5.96. The zero-order chi connectivity index (χ0) is 19.0. The van der Waals surface area contributed by atoms with Crippen LogP contribution in [0.25, 0.3) is 21.9 Å². The largest absolute Gasteiger partial charge is 0.512 e. The van der Waals surface area contributed by atoms with Crippen LogP contribution in [0.4, 0.5) is 4.79 Å². The molecule has 4 rings (SSSR count). The van der Waals surface area contributed by atoms with Crippen LogP contribution in [0.15, 0.2) is 48.7 Å². The van der Waals surface area contributed by atoms with E-state index in [1.165, 1.54) is 0 Å². The third-order valence-electron chi connectivity index (χ3n) is 4.61. The van der Waals surface area contributed by atoms with Crippen molar-refractivity contribution in [2.75, 3.05) is 0 Å². The van der Waals surface area contributed by atoms with Gasteiger partial charge in [-0.15, -0.1) is 0 Å². The first kappa shape index (κ1) is 17.0. The van der Waals surface area contributed by atoms with Crippen LogP contribution < -0.4 is 10.1 Å². The Morgan fingerprint density at radius 1 is 1.11 bits per heavy atom. The number of benzene rings is 2. The van der Waals surface area contributed by atoms with Gasteiger partial charge in [0, 0.05) is 29.3 Å². The minimum absolute atomic E-state index is 0.0395. The second-order valence-electron chi connectivity index (χ2n) is 6.73. The summed E-state index contributed by atoms with van der Waals surface area (Å²) in [6.45, 7) is 2.00. The monoisotopic (exact) mass is 362 g/mol. The number of aryl methyl sites for hydroxylation is 1. The van der Waals surface area contributed by atoms with E-state index in [0.717, 1.165) is 40.3 Å². The number of carbonyl (C=O) groups is 2. The number of ether oxygens (including phenoxy) is 1. The average molecular weight is 362 g/mol. The first-order valence-corrected chi connectivity index (χ1v) is 8.72. The lowest BCUT2D eigenvalue weighted by atomic mass is 9.96. The standard InChI is InChI=1S/C21H18N2O4/c1-12-2-3-15(20(24)23-17-6-7-17)9-18(12)14-5-4-13-10-19(27-21(25)26)22-11-16(13)8-14/h2-5,8-11,17H,6-7H2,1H3,(H,23,24)(H,25,26). The normalized spacial score (nSPS) is 13.4. The van der Waals surface area contributed by atoms with Crippen molar-refractivity contribution in [2.24, 2.45) is 0 Å². The van der Waals surface area contributed by atoms with E-state index in [9.17, 15) is 9.59 Å². The minimum atomic E-state index is -1.39. The smallest absolute Gasteiger partial charge is 0.449 e. The summed E-state index contributed by atoms with van der Waals surface area (Å²) in [5, 5.41) is 13.4. The second kappa shape index (κ2) is 6.72. The molecule has 136 valence electrons. The van der Waals surface area contributed by atoms with Gasteiger partial charge in [-0.05, 0) is 60.0 Å². The molecule has 3 aromatic rings. The number of hydrogen-bond acceptors (Lipinski definition) is 4. The summed E-state index contributed by atoms with van der Waals surface area (Å²) < 4.78 is 4.60. The van der Waals surface area contributed by atoms with Gasteiger partial charge in [-0.1, -0.05) is 18.2 Å². The maximum absolute atomic E-state index is 12.3. The molecule has 0 aliphatic heterocycles. The zero-order valence-corrected chi connectivity index (χ0v) is 14.7. The molecular formula is C21H18N2O4. The molecule has 1 amide bonds. The lowest BCUT2D eigenvalue weighted by molar-refractivity contribution is 0.0951. The molecular weight excluding hydrogens is 344 g/mol. The number of fused-ring (bicyclic) bond motifs is 1.